The molecule has 1 heterocycles. The van der Waals surface area contributed by atoms with Gasteiger partial charge in [0.25, 0.3) is 0 Å². The lowest BCUT2D eigenvalue weighted by Crippen LogP contribution is -2.53. The van der Waals surface area contributed by atoms with Crippen molar-refractivity contribution in [2.75, 3.05) is 12.5 Å². The van der Waals surface area contributed by atoms with Crippen LogP contribution in [-0.4, -0.2) is 53.5 Å². The summed E-state index contributed by atoms with van der Waals surface area (Å²) in [6.07, 6.45) is 0.0907. The number of aliphatic hydroxyl groups is 1. The molecule has 2 rings (SSSR count). The fourth-order valence-corrected chi connectivity index (χ4v) is 4.46. The highest BCUT2D eigenvalue weighted by Gasteiger charge is 2.62. The van der Waals surface area contributed by atoms with Gasteiger partial charge in [0, 0.05) is 31.3 Å². The van der Waals surface area contributed by atoms with Crippen LogP contribution in [-0.2, 0) is 33.3 Å². The van der Waals surface area contributed by atoms with Gasteiger partial charge in [0.15, 0.2) is 0 Å². The Kier molecular flexibility index (Phi) is 8.77. The van der Waals surface area contributed by atoms with E-state index in [1.807, 2.05) is 27.7 Å². The molecule has 1 saturated carbocycles. The van der Waals surface area contributed by atoms with E-state index in [0.29, 0.717) is 5.57 Å². The van der Waals surface area contributed by atoms with Crippen LogP contribution in [0.1, 0.15) is 53.9 Å². The zero-order valence-electron chi connectivity index (χ0n) is 18.8. The number of carbonyl (C=O) groups is 3. The smallest absolute Gasteiger partial charge is 0.309 e. The van der Waals surface area contributed by atoms with Crippen LogP contribution in [0.25, 0.3) is 0 Å². The summed E-state index contributed by atoms with van der Waals surface area (Å²) in [5.74, 6) is -2.58. The lowest BCUT2D eigenvalue weighted by atomic mass is 9.81. The van der Waals surface area contributed by atoms with Gasteiger partial charge < -0.3 is 24.1 Å². The van der Waals surface area contributed by atoms with Crippen LogP contribution in [0.4, 0.5) is 0 Å². The summed E-state index contributed by atoms with van der Waals surface area (Å²) in [5.41, 5.74) is -1.07. The molecule has 2 aliphatic rings. The number of halogens is 1. The Morgan fingerprint density at radius 3 is 2.32 bits per heavy atom. The van der Waals surface area contributed by atoms with Gasteiger partial charge in [-0.2, -0.15) is 0 Å². The number of hydrogen-bond donors (Lipinski definition) is 1. The average Bonchev–Trinajstić information content (AvgIpc) is 2.93. The van der Waals surface area contributed by atoms with Crippen molar-refractivity contribution in [1.29, 1.82) is 0 Å². The fraction of sp³-hybridized carbons (Fsp3) is 0.773. The third-order valence-corrected chi connectivity index (χ3v) is 5.91. The lowest BCUT2D eigenvalue weighted by Gasteiger charge is -2.40. The van der Waals surface area contributed by atoms with E-state index in [9.17, 15) is 19.5 Å². The highest BCUT2D eigenvalue weighted by molar-refractivity contribution is 6.18. The maximum absolute atomic E-state index is 12.3. The molecule has 5 atom stereocenters. The quantitative estimate of drug-likeness (QED) is 0.318. The molecular formula is C22H33ClO8. The van der Waals surface area contributed by atoms with Gasteiger partial charge in [0.1, 0.15) is 18.3 Å². The first-order chi connectivity index (χ1) is 14.5. The van der Waals surface area contributed by atoms with Crippen molar-refractivity contribution in [3.05, 3.63) is 11.8 Å². The highest BCUT2D eigenvalue weighted by Crippen LogP contribution is 2.51. The Morgan fingerprint density at radius 1 is 1.16 bits per heavy atom. The number of carbonyl (C=O) groups excluding carboxylic acids is 3. The van der Waals surface area contributed by atoms with E-state index in [0.717, 1.165) is 0 Å². The Labute approximate surface area is 188 Å². The minimum absolute atomic E-state index is 0.0372. The van der Waals surface area contributed by atoms with Gasteiger partial charge in [-0.1, -0.05) is 27.7 Å². The van der Waals surface area contributed by atoms with Gasteiger partial charge in [-0.15, -0.1) is 11.6 Å². The first kappa shape index (κ1) is 25.5. The van der Waals surface area contributed by atoms with E-state index >= 15 is 0 Å². The molecule has 0 spiro atoms. The predicted molar refractivity (Wildman–Crippen MR) is 112 cm³/mol. The summed E-state index contributed by atoms with van der Waals surface area (Å²) in [7, 11) is 0. The van der Waals surface area contributed by atoms with Gasteiger partial charge >= 0.3 is 17.9 Å². The number of rotatable bonds is 9. The first-order valence-corrected chi connectivity index (χ1v) is 11.2. The largest absolute Gasteiger partial charge is 0.462 e. The van der Waals surface area contributed by atoms with Gasteiger partial charge in [0.2, 0.25) is 6.29 Å². The van der Waals surface area contributed by atoms with Crippen molar-refractivity contribution in [1.82, 2.24) is 0 Å². The number of ether oxygens (including phenoxy) is 4. The molecule has 0 aromatic rings. The first-order valence-electron chi connectivity index (χ1n) is 10.6. The summed E-state index contributed by atoms with van der Waals surface area (Å²) in [5, 5.41) is 11.4. The second-order valence-corrected chi connectivity index (χ2v) is 9.40. The normalized spacial score (nSPS) is 29.8. The molecule has 0 unspecified atom stereocenters. The molecule has 176 valence electrons. The number of esters is 3. The minimum Gasteiger partial charge on any atom is -0.462 e. The van der Waals surface area contributed by atoms with Crippen LogP contribution in [0.5, 0.6) is 0 Å². The van der Waals surface area contributed by atoms with E-state index in [-0.39, 0.29) is 49.6 Å². The number of fused-ring (bicyclic) bond motifs is 1. The van der Waals surface area contributed by atoms with Crippen LogP contribution in [0.15, 0.2) is 11.8 Å². The van der Waals surface area contributed by atoms with Gasteiger partial charge in [-0.05, 0) is 18.3 Å². The van der Waals surface area contributed by atoms with Gasteiger partial charge in [-0.3, -0.25) is 14.4 Å². The second-order valence-electron chi connectivity index (χ2n) is 9.13. The van der Waals surface area contributed by atoms with Crippen LogP contribution in [0.3, 0.4) is 0 Å². The molecule has 1 aliphatic carbocycles. The molecule has 0 amide bonds. The Hall–Kier alpha value is -1.80. The zero-order valence-corrected chi connectivity index (χ0v) is 19.5. The maximum Gasteiger partial charge on any atom is 0.309 e. The molecule has 1 fully saturated rings. The minimum atomic E-state index is -1.68. The van der Waals surface area contributed by atoms with Crippen LogP contribution in [0.2, 0.25) is 0 Å². The lowest BCUT2D eigenvalue weighted by molar-refractivity contribution is -0.211. The van der Waals surface area contributed by atoms with Crippen LogP contribution in [0, 0.1) is 23.7 Å². The Bertz CT molecular complexity index is 704. The highest BCUT2D eigenvalue weighted by atomic mass is 35.5. The molecule has 1 N–H and O–H groups in total. The van der Waals surface area contributed by atoms with E-state index in [4.69, 9.17) is 30.5 Å². The van der Waals surface area contributed by atoms with Crippen molar-refractivity contribution < 1.29 is 38.4 Å². The molecule has 0 radical (unpaired) electrons. The molecule has 0 aromatic carbocycles. The van der Waals surface area contributed by atoms with E-state index in [1.165, 1.54) is 13.2 Å². The zero-order chi connectivity index (χ0) is 23.3. The number of hydrogen-bond acceptors (Lipinski definition) is 8. The van der Waals surface area contributed by atoms with Crippen molar-refractivity contribution in [2.24, 2.45) is 23.7 Å². The van der Waals surface area contributed by atoms with E-state index < -0.39 is 41.8 Å². The molecule has 9 heteroatoms. The summed E-state index contributed by atoms with van der Waals surface area (Å²) < 4.78 is 21.9. The number of alkyl halides is 1. The molecule has 8 nitrogen and oxygen atoms in total. The maximum atomic E-state index is 12.3. The standard InChI is InChI=1S/C22H33ClO8/c1-12(2)6-18(25)28-9-15-10-29-21(31-19(26)7-13(3)4)20-16(15)8-17(30-14(5)24)22(20,27)11-23/h10,12-13,16-17,20-21,27H,6-9,11H2,1-5H3/t16-,17-,20-,21+,22+/m1/s1. The Morgan fingerprint density at radius 2 is 1.77 bits per heavy atom. The second kappa shape index (κ2) is 10.7. The SMILES string of the molecule is CC(=O)O[C@@H]1C[C@@H]2C(COC(=O)CC(C)C)=CO[C@@H](OC(=O)CC(C)C)[C@@H]2[C@]1(O)CCl. The van der Waals surface area contributed by atoms with Crippen molar-refractivity contribution >= 4 is 29.5 Å². The summed E-state index contributed by atoms with van der Waals surface area (Å²) in [6, 6.07) is 0. The van der Waals surface area contributed by atoms with Crippen molar-refractivity contribution in [3.63, 3.8) is 0 Å². The average molecular weight is 461 g/mol. The predicted octanol–water partition coefficient (Wildman–Crippen LogP) is 2.94. The molecule has 0 bridgehead atoms. The van der Waals surface area contributed by atoms with Gasteiger partial charge in [-0.25, -0.2) is 0 Å². The Balaban J connectivity index is 2.27. The molecule has 0 aromatic heterocycles. The monoisotopic (exact) mass is 460 g/mol. The van der Waals surface area contributed by atoms with Crippen molar-refractivity contribution in [3.8, 4) is 0 Å². The molecule has 0 saturated heterocycles. The third kappa shape index (κ3) is 6.35. The van der Waals surface area contributed by atoms with Gasteiger partial charge in [0.05, 0.1) is 18.1 Å². The van der Waals surface area contributed by atoms with E-state index in [2.05, 4.69) is 0 Å². The fourth-order valence-electron chi connectivity index (χ4n) is 4.11. The summed E-state index contributed by atoms with van der Waals surface area (Å²) in [6.45, 7) is 8.81. The van der Waals surface area contributed by atoms with Crippen LogP contribution < -0.4 is 0 Å². The third-order valence-electron chi connectivity index (χ3n) is 5.48. The molecule has 1 aliphatic heterocycles. The molecule has 31 heavy (non-hydrogen) atoms. The van der Waals surface area contributed by atoms with Crippen LogP contribution >= 0.6 is 11.6 Å². The summed E-state index contributed by atoms with van der Waals surface area (Å²) >= 11 is 6.12. The van der Waals surface area contributed by atoms with Crippen molar-refractivity contribution in [2.45, 2.75) is 71.9 Å². The molecular weight excluding hydrogens is 428 g/mol. The van der Waals surface area contributed by atoms with E-state index in [1.54, 1.807) is 0 Å². The topological polar surface area (TPSA) is 108 Å². The summed E-state index contributed by atoms with van der Waals surface area (Å²) in [4.78, 5) is 35.9.